The third-order valence-corrected chi connectivity index (χ3v) is 3.86. The summed E-state index contributed by atoms with van der Waals surface area (Å²) in [4.78, 5) is 13.2. The Bertz CT molecular complexity index is 607. The highest BCUT2D eigenvalue weighted by Crippen LogP contribution is 2.24. The van der Waals surface area contributed by atoms with Crippen LogP contribution in [0.4, 0.5) is 5.82 Å². The Balaban J connectivity index is 2.33. The number of anilines is 1. The van der Waals surface area contributed by atoms with Crippen molar-refractivity contribution in [3.05, 3.63) is 45.6 Å². The van der Waals surface area contributed by atoms with Gasteiger partial charge in [-0.3, -0.25) is 9.48 Å². The number of benzene rings is 1. The SMILES string of the molecule is Cc1nn(C)c(N(C)Cc2ccccc2Br)c1C=O. The molecule has 2 aromatic rings. The van der Waals surface area contributed by atoms with Gasteiger partial charge in [0.2, 0.25) is 0 Å². The minimum Gasteiger partial charge on any atom is -0.355 e. The van der Waals surface area contributed by atoms with Gasteiger partial charge in [-0.05, 0) is 18.6 Å². The summed E-state index contributed by atoms with van der Waals surface area (Å²) in [5.74, 6) is 0.836. The summed E-state index contributed by atoms with van der Waals surface area (Å²) in [5.41, 5.74) is 2.57. The number of nitrogens with zero attached hydrogens (tertiary/aromatic N) is 3. The molecule has 1 heterocycles. The Morgan fingerprint density at radius 1 is 1.42 bits per heavy atom. The fourth-order valence-corrected chi connectivity index (χ4v) is 2.62. The number of carbonyl (C=O) groups excluding carboxylic acids is 1. The molecule has 0 N–H and O–H groups in total. The second kappa shape index (κ2) is 5.57. The maximum Gasteiger partial charge on any atom is 0.155 e. The van der Waals surface area contributed by atoms with E-state index in [2.05, 4.69) is 27.1 Å². The molecule has 0 radical (unpaired) electrons. The summed E-state index contributed by atoms with van der Waals surface area (Å²) in [6, 6.07) is 8.06. The number of aromatic nitrogens is 2. The number of hydrogen-bond donors (Lipinski definition) is 0. The topological polar surface area (TPSA) is 38.1 Å². The number of halogens is 1. The number of hydrogen-bond acceptors (Lipinski definition) is 3. The third-order valence-electron chi connectivity index (χ3n) is 3.08. The molecule has 0 aliphatic rings. The van der Waals surface area contributed by atoms with Gasteiger partial charge in [0.15, 0.2) is 6.29 Å². The summed E-state index contributed by atoms with van der Waals surface area (Å²) < 4.78 is 2.81. The molecule has 0 aliphatic heterocycles. The van der Waals surface area contributed by atoms with Gasteiger partial charge in [0.05, 0.1) is 11.3 Å². The second-order valence-corrected chi connectivity index (χ2v) is 5.37. The van der Waals surface area contributed by atoms with E-state index >= 15 is 0 Å². The summed E-state index contributed by atoms with van der Waals surface area (Å²) in [5, 5.41) is 4.30. The van der Waals surface area contributed by atoms with E-state index in [1.807, 2.05) is 44.1 Å². The second-order valence-electron chi connectivity index (χ2n) is 4.51. The fraction of sp³-hybridized carbons (Fsp3) is 0.286. The predicted molar refractivity (Wildman–Crippen MR) is 79.6 cm³/mol. The fourth-order valence-electron chi connectivity index (χ4n) is 2.21. The smallest absolute Gasteiger partial charge is 0.155 e. The van der Waals surface area contributed by atoms with Crippen LogP contribution < -0.4 is 4.90 Å². The van der Waals surface area contributed by atoms with Gasteiger partial charge in [0.1, 0.15) is 5.82 Å². The van der Waals surface area contributed by atoms with E-state index in [1.54, 1.807) is 4.68 Å². The number of carbonyl (C=O) groups is 1. The van der Waals surface area contributed by atoms with Crippen molar-refractivity contribution in [1.29, 1.82) is 0 Å². The standard InChI is InChI=1S/C14H16BrN3O/c1-10-12(9-19)14(18(3)16-10)17(2)8-11-6-4-5-7-13(11)15/h4-7,9H,8H2,1-3H3. The molecule has 0 atom stereocenters. The highest BCUT2D eigenvalue weighted by atomic mass is 79.9. The van der Waals surface area contributed by atoms with Crippen LogP contribution >= 0.6 is 15.9 Å². The Kier molecular flexibility index (Phi) is 4.04. The number of aryl methyl sites for hydroxylation is 2. The van der Waals surface area contributed by atoms with E-state index in [9.17, 15) is 4.79 Å². The molecular formula is C14H16BrN3O. The largest absolute Gasteiger partial charge is 0.355 e. The van der Waals surface area contributed by atoms with Gasteiger partial charge in [-0.1, -0.05) is 34.1 Å². The molecule has 100 valence electrons. The first kappa shape index (κ1) is 13.8. The van der Waals surface area contributed by atoms with Crippen LogP contribution in [-0.4, -0.2) is 23.1 Å². The average Bonchev–Trinajstić information content (AvgIpc) is 2.66. The van der Waals surface area contributed by atoms with E-state index < -0.39 is 0 Å². The molecule has 0 amide bonds. The Labute approximate surface area is 121 Å². The van der Waals surface area contributed by atoms with Crippen LogP contribution in [0, 0.1) is 6.92 Å². The van der Waals surface area contributed by atoms with Crippen molar-refractivity contribution in [3.63, 3.8) is 0 Å². The zero-order valence-corrected chi connectivity index (χ0v) is 12.8. The van der Waals surface area contributed by atoms with Crippen molar-refractivity contribution in [1.82, 2.24) is 9.78 Å². The van der Waals surface area contributed by atoms with Crippen molar-refractivity contribution in [2.45, 2.75) is 13.5 Å². The molecule has 0 fully saturated rings. The van der Waals surface area contributed by atoms with Crippen molar-refractivity contribution in [3.8, 4) is 0 Å². The molecule has 0 saturated carbocycles. The molecule has 1 aromatic heterocycles. The van der Waals surface area contributed by atoms with Crippen molar-refractivity contribution in [2.24, 2.45) is 7.05 Å². The van der Waals surface area contributed by atoms with Crippen molar-refractivity contribution in [2.75, 3.05) is 11.9 Å². The van der Waals surface area contributed by atoms with Gasteiger partial charge in [-0.25, -0.2) is 0 Å². The predicted octanol–water partition coefficient (Wildman–Crippen LogP) is 2.94. The Morgan fingerprint density at radius 3 is 2.74 bits per heavy atom. The molecule has 5 heteroatoms. The molecule has 4 nitrogen and oxygen atoms in total. The first-order valence-electron chi connectivity index (χ1n) is 5.98. The molecule has 2 rings (SSSR count). The molecule has 0 unspecified atom stereocenters. The lowest BCUT2D eigenvalue weighted by Gasteiger charge is -2.20. The first-order chi connectivity index (χ1) is 9.04. The molecule has 0 aliphatic carbocycles. The van der Waals surface area contributed by atoms with Crippen LogP contribution in [0.2, 0.25) is 0 Å². The molecule has 19 heavy (non-hydrogen) atoms. The normalized spacial score (nSPS) is 10.5. The Morgan fingerprint density at radius 2 is 2.11 bits per heavy atom. The Hall–Kier alpha value is -1.62. The quantitative estimate of drug-likeness (QED) is 0.813. The molecule has 0 bridgehead atoms. The summed E-state index contributed by atoms with van der Waals surface area (Å²) >= 11 is 3.54. The monoisotopic (exact) mass is 321 g/mol. The van der Waals surface area contributed by atoms with Crippen LogP contribution in [0.3, 0.4) is 0 Å². The van der Waals surface area contributed by atoms with Crippen LogP contribution in [-0.2, 0) is 13.6 Å². The van der Waals surface area contributed by atoms with Crippen LogP contribution in [0.15, 0.2) is 28.7 Å². The van der Waals surface area contributed by atoms with Crippen LogP contribution in [0.25, 0.3) is 0 Å². The average molecular weight is 322 g/mol. The molecule has 0 saturated heterocycles. The lowest BCUT2D eigenvalue weighted by molar-refractivity contribution is 0.112. The van der Waals surface area contributed by atoms with Gasteiger partial charge in [0, 0.05) is 25.1 Å². The highest BCUT2D eigenvalue weighted by Gasteiger charge is 2.16. The van der Waals surface area contributed by atoms with Gasteiger partial charge in [-0.2, -0.15) is 5.10 Å². The van der Waals surface area contributed by atoms with Gasteiger partial charge >= 0.3 is 0 Å². The summed E-state index contributed by atoms with van der Waals surface area (Å²) in [6.45, 7) is 2.56. The van der Waals surface area contributed by atoms with Gasteiger partial charge < -0.3 is 4.90 Å². The third kappa shape index (κ3) is 2.71. The first-order valence-corrected chi connectivity index (χ1v) is 6.77. The molecular weight excluding hydrogens is 306 g/mol. The molecule has 1 aromatic carbocycles. The minimum absolute atomic E-state index is 0.650. The zero-order valence-electron chi connectivity index (χ0n) is 11.2. The highest BCUT2D eigenvalue weighted by molar-refractivity contribution is 9.10. The summed E-state index contributed by atoms with van der Waals surface area (Å²) in [7, 11) is 3.81. The lowest BCUT2D eigenvalue weighted by Crippen LogP contribution is -2.20. The van der Waals surface area contributed by atoms with Crippen LogP contribution in [0.5, 0.6) is 0 Å². The van der Waals surface area contributed by atoms with Gasteiger partial charge in [0.25, 0.3) is 0 Å². The van der Waals surface area contributed by atoms with E-state index in [4.69, 9.17) is 0 Å². The van der Waals surface area contributed by atoms with Crippen molar-refractivity contribution < 1.29 is 4.79 Å². The molecule has 0 spiro atoms. The van der Waals surface area contributed by atoms with E-state index in [1.165, 1.54) is 5.56 Å². The zero-order chi connectivity index (χ0) is 14.0. The van der Waals surface area contributed by atoms with E-state index in [-0.39, 0.29) is 0 Å². The van der Waals surface area contributed by atoms with Gasteiger partial charge in [-0.15, -0.1) is 0 Å². The van der Waals surface area contributed by atoms with E-state index in [0.29, 0.717) is 12.1 Å². The number of rotatable bonds is 4. The lowest BCUT2D eigenvalue weighted by atomic mass is 10.2. The maximum atomic E-state index is 11.2. The maximum absolute atomic E-state index is 11.2. The minimum atomic E-state index is 0.650. The van der Waals surface area contributed by atoms with E-state index in [0.717, 1.165) is 22.3 Å². The number of aldehydes is 1. The van der Waals surface area contributed by atoms with Crippen LogP contribution in [0.1, 0.15) is 21.6 Å². The summed E-state index contributed by atoms with van der Waals surface area (Å²) in [6.07, 6.45) is 0.869. The van der Waals surface area contributed by atoms with Crippen molar-refractivity contribution >= 4 is 28.0 Å².